The molecular formula is C21H17F3N4O2. The fraction of sp³-hybridized carbons (Fsp3) is 0.0952. The number of aromatic amines is 1. The number of aromatic nitrogens is 4. The summed E-state index contributed by atoms with van der Waals surface area (Å²) in [7, 11) is 0. The third-order valence-electron chi connectivity index (χ3n) is 4.13. The lowest BCUT2D eigenvalue weighted by Gasteiger charge is -2.07. The Morgan fingerprint density at radius 3 is 2.27 bits per heavy atom. The SMILES string of the molecule is O=C(O)C(F)(F)F.c1cc(-c2ccc(Cn3ccnc3)cc2)cc(-c2ccn[nH]2)c1. The largest absolute Gasteiger partial charge is 0.490 e. The van der Waals surface area contributed by atoms with Gasteiger partial charge < -0.3 is 9.67 Å². The van der Waals surface area contributed by atoms with Gasteiger partial charge in [0.05, 0.1) is 12.0 Å². The highest BCUT2D eigenvalue weighted by atomic mass is 19.4. The Kier molecular flexibility index (Phi) is 6.31. The summed E-state index contributed by atoms with van der Waals surface area (Å²) in [5, 5.41) is 14.1. The molecule has 0 radical (unpaired) electrons. The molecule has 0 bridgehead atoms. The van der Waals surface area contributed by atoms with Crippen LogP contribution in [0.5, 0.6) is 0 Å². The van der Waals surface area contributed by atoms with Crippen LogP contribution in [0.1, 0.15) is 5.56 Å². The van der Waals surface area contributed by atoms with Gasteiger partial charge >= 0.3 is 12.1 Å². The Balaban J connectivity index is 0.000000318. The summed E-state index contributed by atoms with van der Waals surface area (Å²) in [6, 6.07) is 19.1. The van der Waals surface area contributed by atoms with Crippen molar-refractivity contribution in [2.24, 2.45) is 0 Å². The van der Waals surface area contributed by atoms with Gasteiger partial charge in [-0.1, -0.05) is 42.5 Å². The lowest BCUT2D eigenvalue weighted by Crippen LogP contribution is -2.21. The monoisotopic (exact) mass is 414 g/mol. The van der Waals surface area contributed by atoms with E-state index in [4.69, 9.17) is 9.90 Å². The summed E-state index contributed by atoms with van der Waals surface area (Å²) < 4.78 is 33.8. The van der Waals surface area contributed by atoms with Crippen molar-refractivity contribution in [1.29, 1.82) is 0 Å². The van der Waals surface area contributed by atoms with E-state index in [0.717, 1.165) is 17.8 Å². The molecule has 9 heteroatoms. The van der Waals surface area contributed by atoms with Crippen LogP contribution in [0.2, 0.25) is 0 Å². The van der Waals surface area contributed by atoms with Gasteiger partial charge in [-0.15, -0.1) is 0 Å². The number of carboxylic acids is 1. The van der Waals surface area contributed by atoms with Gasteiger partial charge in [-0.05, 0) is 28.8 Å². The molecule has 0 aliphatic carbocycles. The van der Waals surface area contributed by atoms with Gasteiger partial charge in [0.2, 0.25) is 0 Å². The van der Waals surface area contributed by atoms with Gasteiger partial charge in [-0.25, -0.2) is 9.78 Å². The number of hydrogen-bond acceptors (Lipinski definition) is 3. The third-order valence-corrected chi connectivity index (χ3v) is 4.13. The molecule has 2 aromatic carbocycles. The number of nitrogens with zero attached hydrogens (tertiary/aromatic N) is 3. The normalized spacial score (nSPS) is 10.9. The summed E-state index contributed by atoms with van der Waals surface area (Å²) in [5.74, 6) is -2.76. The van der Waals surface area contributed by atoms with E-state index in [1.54, 1.807) is 12.4 Å². The molecule has 4 aromatic rings. The van der Waals surface area contributed by atoms with E-state index in [2.05, 4.69) is 68.3 Å². The van der Waals surface area contributed by atoms with Crippen molar-refractivity contribution in [3.63, 3.8) is 0 Å². The molecule has 0 atom stereocenters. The van der Waals surface area contributed by atoms with Crippen molar-refractivity contribution < 1.29 is 23.1 Å². The number of halogens is 3. The van der Waals surface area contributed by atoms with E-state index in [1.165, 1.54) is 16.7 Å². The van der Waals surface area contributed by atoms with Gasteiger partial charge in [0.1, 0.15) is 0 Å². The van der Waals surface area contributed by atoms with Crippen LogP contribution in [-0.4, -0.2) is 37.0 Å². The van der Waals surface area contributed by atoms with Crippen LogP contribution in [0, 0.1) is 0 Å². The van der Waals surface area contributed by atoms with Gasteiger partial charge in [-0.2, -0.15) is 18.3 Å². The number of carboxylic acid groups (broad SMARTS) is 1. The van der Waals surface area contributed by atoms with Gasteiger partial charge in [0, 0.05) is 30.7 Å². The minimum absolute atomic E-state index is 0.842. The average Bonchev–Trinajstić information content (AvgIpc) is 3.43. The summed E-state index contributed by atoms with van der Waals surface area (Å²) in [6.07, 6.45) is 2.30. The van der Waals surface area contributed by atoms with Crippen LogP contribution in [-0.2, 0) is 11.3 Å². The fourth-order valence-electron chi connectivity index (χ4n) is 2.68. The first-order valence-electron chi connectivity index (χ1n) is 8.78. The molecule has 0 saturated heterocycles. The van der Waals surface area contributed by atoms with Crippen LogP contribution in [0.15, 0.2) is 79.5 Å². The van der Waals surface area contributed by atoms with E-state index in [9.17, 15) is 13.2 Å². The molecule has 0 unspecified atom stereocenters. The maximum atomic E-state index is 10.6. The summed E-state index contributed by atoms with van der Waals surface area (Å²) >= 11 is 0. The van der Waals surface area contributed by atoms with Crippen LogP contribution < -0.4 is 0 Å². The Hall–Kier alpha value is -3.88. The van der Waals surface area contributed by atoms with Crippen molar-refractivity contribution >= 4 is 5.97 Å². The Bertz CT molecular complexity index is 1070. The highest BCUT2D eigenvalue weighted by Crippen LogP contribution is 2.25. The lowest BCUT2D eigenvalue weighted by atomic mass is 10.0. The van der Waals surface area contributed by atoms with E-state index in [1.807, 2.05) is 18.6 Å². The van der Waals surface area contributed by atoms with E-state index in [0.29, 0.717) is 0 Å². The van der Waals surface area contributed by atoms with Crippen LogP contribution >= 0.6 is 0 Å². The number of hydrogen-bond donors (Lipinski definition) is 2. The number of nitrogens with one attached hydrogen (secondary N) is 1. The van der Waals surface area contributed by atoms with Crippen LogP contribution in [0.25, 0.3) is 22.4 Å². The van der Waals surface area contributed by atoms with Gasteiger partial charge in [0.15, 0.2) is 0 Å². The van der Waals surface area contributed by atoms with Crippen LogP contribution in [0.4, 0.5) is 13.2 Å². The highest BCUT2D eigenvalue weighted by molar-refractivity contribution is 5.73. The molecule has 30 heavy (non-hydrogen) atoms. The van der Waals surface area contributed by atoms with E-state index >= 15 is 0 Å². The second-order valence-corrected chi connectivity index (χ2v) is 6.29. The number of imidazole rings is 1. The molecule has 0 amide bonds. The number of H-pyrrole nitrogens is 1. The maximum absolute atomic E-state index is 10.6. The highest BCUT2D eigenvalue weighted by Gasteiger charge is 2.38. The molecule has 2 aromatic heterocycles. The molecule has 0 aliphatic heterocycles. The minimum atomic E-state index is -5.08. The zero-order valence-corrected chi connectivity index (χ0v) is 15.5. The van der Waals surface area contributed by atoms with Crippen molar-refractivity contribution in [3.8, 4) is 22.4 Å². The van der Waals surface area contributed by atoms with E-state index in [-0.39, 0.29) is 0 Å². The summed E-state index contributed by atoms with van der Waals surface area (Å²) in [5.41, 5.74) is 5.84. The van der Waals surface area contributed by atoms with Crippen molar-refractivity contribution in [1.82, 2.24) is 19.7 Å². The quantitative estimate of drug-likeness (QED) is 0.510. The van der Waals surface area contributed by atoms with Crippen molar-refractivity contribution in [2.75, 3.05) is 0 Å². The number of aliphatic carboxylic acids is 1. The zero-order valence-electron chi connectivity index (χ0n) is 15.5. The standard InChI is InChI=1S/C19H16N4.C2HF3O2/c1-2-17(12-18(3-1)19-8-9-21-22-19)16-6-4-15(5-7-16)13-23-11-10-20-14-23;3-2(4,5)1(6)7/h1-12,14H,13H2,(H,21,22);(H,6,7). The second kappa shape index (κ2) is 9.08. The smallest absolute Gasteiger partial charge is 0.475 e. The van der Waals surface area contributed by atoms with Gasteiger partial charge in [-0.3, -0.25) is 5.10 Å². The van der Waals surface area contributed by atoms with Crippen LogP contribution in [0.3, 0.4) is 0 Å². The Labute approximate surface area is 169 Å². The van der Waals surface area contributed by atoms with Crippen molar-refractivity contribution in [3.05, 3.63) is 85.1 Å². The predicted molar refractivity (Wildman–Crippen MR) is 104 cm³/mol. The summed E-state index contributed by atoms with van der Waals surface area (Å²) in [4.78, 5) is 13.0. The zero-order chi connectivity index (χ0) is 21.6. The second-order valence-electron chi connectivity index (χ2n) is 6.29. The van der Waals surface area contributed by atoms with Crippen molar-refractivity contribution in [2.45, 2.75) is 12.7 Å². The molecular weight excluding hydrogens is 397 g/mol. The molecule has 2 heterocycles. The molecule has 0 fully saturated rings. The summed E-state index contributed by atoms with van der Waals surface area (Å²) in [6.45, 7) is 0.842. The molecule has 0 aliphatic rings. The number of benzene rings is 2. The maximum Gasteiger partial charge on any atom is 0.490 e. The molecule has 4 rings (SSSR count). The topological polar surface area (TPSA) is 83.8 Å². The average molecular weight is 414 g/mol. The predicted octanol–water partition coefficient (Wildman–Crippen LogP) is 4.62. The first-order chi connectivity index (χ1) is 14.3. The fourth-order valence-corrected chi connectivity index (χ4v) is 2.68. The first kappa shape index (κ1) is 20.8. The Morgan fingerprint density at radius 2 is 1.70 bits per heavy atom. The first-order valence-corrected chi connectivity index (χ1v) is 8.78. The molecule has 6 nitrogen and oxygen atoms in total. The lowest BCUT2D eigenvalue weighted by molar-refractivity contribution is -0.192. The van der Waals surface area contributed by atoms with Gasteiger partial charge in [0.25, 0.3) is 0 Å². The molecule has 0 spiro atoms. The number of alkyl halides is 3. The number of carbonyl (C=O) groups is 1. The van der Waals surface area contributed by atoms with E-state index < -0.39 is 12.1 Å². The molecule has 154 valence electrons. The minimum Gasteiger partial charge on any atom is -0.475 e. The molecule has 2 N–H and O–H groups in total. The number of rotatable bonds is 4. The Morgan fingerprint density at radius 1 is 1.00 bits per heavy atom. The third kappa shape index (κ3) is 5.57. The molecule has 0 saturated carbocycles.